The quantitative estimate of drug-likeness (QED) is 0.796. The van der Waals surface area contributed by atoms with E-state index in [2.05, 4.69) is 15.6 Å². The van der Waals surface area contributed by atoms with Gasteiger partial charge in [-0.3, -0.25) is 4.68 Å². The number of hydrogen-bond acceptors (Lipinski definition) is 5. The van der Waals surface area contributed by atoms with Crippen LogP contribution in [0.2, 0.25) is 0 Å². The van der Waals surface area contributed by atoms with Crippen LogP contribution < -0.4 is 10.5 Å². The molecule has 3 N–H and O–H groups in total. The van der Waals surface area contributed by atoms with E-state index in [1.807, 2.05) is 0 Å². The number of nitrogens with two attached hydrogens (primary N) is 1. The van der Waals surface area contributed by atoms with E-state index in [9.17, 15) is 8.42 Å². The Kier molecular flexibility index (Phi) is 3.58. The smallest absolute Gasteiger partial charge is 0.238 e. The lowest BCUT2D eigenvalue weighted by molar-refractivity contribution is 0.598. The Hall–Kier alpha value is -1.93. The van der Waals surface area contributed by atoms with Crippen molar-refractivity contribution in [2.75, 3.05) is 11.9 Å². The Morgan fingerprint density at radius 3 is 2.56 bits per heavy atom. The molecular weight excluding hydrogens is 254 g/mol. The van der Waals surface area contributed by atoms with Gasteiger partial charge in [0.05, 0.1) is 17.6 Å². The summed E-state index contributed by atoms with van der Waals surface area (Å²) in [7, 11) is -3.63. The molecule has 0 saturated carbocycles. The zero-order valence-corrected chi connectivity index (χ0v) is 10.3. The number of primary sulfonamides is 1. The van der Waals surface area contributed by atoms with Crippen LogP contribution in [0, 0.1) is 0 Å². The Labute approximate surface area is 105 Å². The molecule has 0 unspecified atom stereocenters. The topological polar surface area (TPSA) is 103 Å². The van der Waals surface area contributed by atoms with Gasteiger partial charge in [0.1, 0.15) is 0 Å². The minimum absolute atomic E-state index is 0.101. The second-order valence-corrected chi connectivity index (χ2v) is 5.22. The van der Waals surface area contributed by atoms with Crippen molar-refractivity contribution < 1.29 is 8.42 Å². The normalized spacial score (nSPS) is 11.4. The Balaban J connectivity index is 1.91. The van der Waals surface area contributed by atoms with Gasteiger partial charge in [-0.1, -0.05) is 5.21 Å². The molecule has 1 heterocycles. The summed E-state index contributed by atoms with van der Waals surface area (Å²) in [5.41, 5.74) is 0.822. The van der Waals surface area contributed by atoms with Gasteiger partial charge in [0.25, 0.3) is 0 Å². The van der Waals surface area contributed by atoms with E-state index >= 15 is 0 Å². The van der Waals surface area contributed by atoms with Gasteiger partial charge in [0.2, 0.25) is 10.0 Å². The third-order valence-corrected chi connectivity index (χ3v) is 3.25. The van der Waals surface area contributed by atoms with Crippen LogP contribution in [0.5, 0.6) is 0 Å². The highest BCUT2D eigenvalue weighted by molar-refractivity contribution is 7.89. The van der Waals surface area contributed by atoms with E-state index in [-0.39, 0.29) is 4.90 Å². The molecule has 0 aliphatic rings. The number of rotatable bonds is 5. The predicted molar refractivity (Wildman–Crippen MR) is 66.3 cm³/mol. The average molecular weight is 267 g/mol. The summed E-state index contributed by atoms with van der Waals surface area (Å²) in [6.45, 7) is 1.34. The van der Waals surface area contributed by atoms with Crippen molar-refractivity contribution >= 4 is 15.7 Å². The molecule has 2 aromatic rings. The van der Waals surface area contributed by atoms with Crippen LogP contribution in [-0.2, 0) is 16.6 Å². The van der Waals surface area contributed by atoms with Crippen molar-refractivity contribution in [1.82, 2.24) is 15.0 Å². The van der Waals surface area contributed by atoms with E-state index in [1.165, 1.54) is 12.1 Å². The second-order valence-electron chi connectivity index (χ2n) is 3.66. The molecule has 0 radical (unpaired) electrons. The van der Waals surface area contributed by atoms with Crippen molar-refractivity contribution in [2.24, 2.45) is 5.14 Å². The van der Waals surface area contributed by atoms with Crippen molar-refractivity contribution in [1.29, 1.82) is 0 Å². The first-order valence-electron chi connectivity index (χ1n) is 5.26. The Morgan fingerprint density at radius 2 is 2.00 bits per heavy atom. The fourth-order valence-corrected chi connectivity index (χ4v) is 1.94. The summed E-state index contributed by atoms with van der Waals surface area (Å²) >= 11 is 0. The maximum absolute atomic E-state index is 11.1. The fraction of sp³-hybridized carbons (Fsp3) is 0.200. The summed E-state index contributed by atoms with van der Waals surface area (Å²) in [6, 6.07) is 6.27. The lowest BCUT2D eigenvalue weighted by Gasteiger charge is -2.06. The first kappa shape index (κ1) is 12.5. The molecule has 0 saturated heterocycles. The molecule has 96 valence electrons. The molecular formula is C10H13N5O2S. The minimum atomic E-state index is -3.63. The Bertz CT molecular complexity index is 592. The van der Waals surface area contributed by atoms with Crippen LogP contribution in [0.3, 0.4) is 0 Å². The lowest BCUT2D eigenvalue weighted by atomic mass is 10.3. The summed E-state index contributed by atoms with van der Waals surface area (Å²) in [4.78, 5) is 0.101. The molecule has 0 spiro atoms. The van der Waals surface area contributed by atoms with Gasteiger partial charge in [-0.2, -0.15) is 0 Å². The fourth-order valence-electron chi connectivity index (χ4n) is 1.43. The zero-order valence-electron chi connectivity index (χ0n) is 9.52. The monoisotopic (exact) mass is 267 g/mol. The van der Waals surface area contributed by atoms with E-state index in [4.69, 9.17) is 5.14 Å². The molecule has 1 aromatic heterocycles. The third-order valence-electron chi connectivity index (χ3n) is 2.32. The van der Waals surface area contributed by atoms with Crippen molar-refractivity contribution in [3.05, 3.63) is 36.7 Å². The number of anilines is 1. The van der Waals surface area contributed by atoms with Gasteiger partial charge in [-0.15, -0.1) is 5.10 Å². The molecule has 0 amide bonds. The molecule has 7 nitrogen and oxygen atoms in total. The van der Waals surface area contributed by atoms with E-state index < -0.39 is 10.0 Å². The molecule has 0 bridgehead atoms. The highest BCUT2D eigenvalue weighted by Gasteiger charge is 2.06. The number of benzene rings is 1. The van der Waals surface area contributed by atoms with Crippen LogP contribution in [0.4, 0.5) is 5.69 Å². The minimum Gasteiger partial charge on any atom is -0.383 e. The third kappa shape index (κ3) is 3.28. The van der Waals surface area contributed by atoms with Gasteiger partial charge >= 0.3 is 0 Å². The van der Waals surface area contributed by atoms with Gasteiger partial charge in [0.15, 0.2) is 0 Å². The first-order valence-corrected chi connectivity index (χ1v) is 6.81. The standard InChI is InChI=1S/C10H13N5O2S/c11-18(16,17)10-3-1-9(2-4-10)12-5-7-15-8-6-13-14-15/h1-4,6,8,12H,5,7H2,(H2,11,16,17). The van der Waals surface area contributed by atoms with Gasteiger partial charge < -0.3 is 5.32 Å². The van der Waals surface area contributed by atoms with E-state index in [0.29, 0.717) is 13.1 Å². The molecule has 0 aliphatic carbocycles. The number of aromatic nitrogens is 3. The van der Waals surface area contributed by atoms with Crippen molar-refractivity contribution in [3.8, 4) is 0 Å². The molecule has 2 rings (SSSR count). The summed E-state index contributed by atoms with van der Waals surface area (Å²) < 4.78 is 23.8. The molecule has 8 heteroatoms. The number of sulfonamides is 1. The average Bonchev–Trinajstić information content (AvgIpc) is 2.82. The largest absolute Gasteiger partial charge is 0.383 e. The number of nitrogens with one attached hydrogen (secondary N) is 1. The van der Waals surface area contributed by atoms with Crippen molar-refractivity contribution in [2.45, 2.75) is 11.4 Å². The van der Waals surface area contributed by atoms with Crippen molar-refractivity contribution in [3.63, 3.8) is 0 Å². The zero-order chi connectivity index (χ0) is 13.0. The highest BCUT2D eigenvalue weighted by atomic mass is 32.2. The molecule has 0 atom stereocenters. The molecule has 1 aromatic carbocycles. The first-order chi connectivity index (χ1) is 8.55. The SMILES string of the molecule is NS(=O)(=O)c1ccc(NCCn2ccnn2)cc1. The van der Waals surface area contributed by atoms with Gasteiger partial charge in [-0.05, 0) is 24.3 Å². The molecule has 0 fully saturated rings. The summed E-state index contributed by atoms with van der Waals surface area (Å²) in [6.07, 6.45) is 3.38. The predicted octanol–water partition coefficient (Wildman–Crippen LogP) is 0.0376. The Morgan fingerprint density at radius 1 is 1.28 bits per heavy atom. The van der Waals surface area contributed by atoms with Crippen LogP contribution in [-0.4, -0.2) is 30.0 Å². The lowest BCUT2D eigenvalue weighted by Crippen LogP contribution is -2.13. The molecule has 0 aliphatic heterocycles. The highest BCUT2D eigenvalue weighted by Crippen LogP contribution is 2.12. The summed E-state index contributed by atoms with van der Waals surface area (Å²) in [5, 5.41) is 15.7. The van der Waals surface area contributed by atoms with Crippen LogP contribution in [0.15, 0.2) is 41.6 Å². The van der Waals surface area contributed by atoms with E-state index in [0.717, 1.165) is 5.69 Å². The van der Waals surface area contributed by atoms with Gasteiger partial charge in [0, 0.05) is 18.4 Å². The van der Waals surface area contributed by atoms with Crippen LogP contribution >= 0.6 is 0 Å². The van der Waals surface area contributed by atoms with Gasteiger partial charge in [-0.25, -0.2) is 13.6 Å². The molecule has 18 heavy (non-hydrogen) atoms. The maximum atomic E-state index is 11.1. The summed E-state index contributed by atoms with van der Waals surface area (Å²) in [5.74, 6) is 0. The number of nitrogens with zero attached hydrogens (tertiary/aromatic N) is 3. The second kappa shape index (κ2) is 5.15. The van der Waals surface area contributed by atoms with Crippen LogP contribution in [0.1, 0.15) is 0 Å². The van der Waals surface area contributed by atoms with E-state index in [1.54, 1.807) is 29.2 Å². The maximum Gasteiger partial charge on any atom is 0.238 e. The van der Waals surface area contributed by atoms with Crippen LogP contribution in [0.25, 0.3) is 0 Å². The number of hydrogen-bond donors (Lipinski definition) is 2.